The molecule has 2 aromatic rings. The average molecular weight is 457 g/mol. The number of hydrogen-bond acceptors (Lipinski definition) is 3. The summed E-state index contributed by atoms with van der Waals surface area (Å²) in [4.78, 5) is 17.9. The molecule has 0 aliphatic rings. The Balaban J connectivity index is 2.38. The van der Waals surface area contributed by atoms with E-state index in [1.54, 1.807) is 6.07 Å². The summed E-state index contributed by atoms with van der Waals surface area (Å²) in [5.41, 5.74) is 0.503. The molecule has 0 fully saturated rings. The quantitative estimate of drug-likeness (QED) is 0.683. The number of aromatic amines is 1. The first kappa shape index (κ1) is 12.7. The third kappa shape index (κ3) is 2.94. The average Bonchev–Trinajstić information content (AvgIpc) is 2.28. The van der Waals surface area contributed by atoms with Crippen molar-refractivity contribution < 1.29 is 4.39 Å². The zero-order valence-corrected chi connectivity index (χ0v) is 12.6. The van der Waals surface area contributed by atoms with Crippen LogP contribution in [0, 0.1) is 13.0 Å². The van der Waals surface area contributed by atoms with Gasteiger partial charge in [-0.25, -0.2) is 9.37 Å². The van der Waals surface area contributed by atoms with Crippen molar-refractivity contribution >= 4 is 56.7 Å². The Morgan fingerprint density at radius 2 is 2.12 bits per heavy atom. The second kappa shape index (κ2) is 5.29. The maximum atomic E-state index is 12.9. The van der Waals surface area contributed by atoms with Gasteiger partial charge >= 0.3 is 0 Å². The second-order valence-corrected chi connectivity index (χ2v) is 5.38. The Kier molecular flexibility index (Phi) is 3.97. The molecular formula is C10H6FI2N3O. The number of nitrogens with zero attached hydrogens (tertiary/aromatic N) is 1. The smallest absolute Gasteiger partial charge is 0.266 e. The summed E-state index contributed by atoms with van der Waals surface area (Å²) in [7, 11) is 0. The highest BCUT2D eigenvalue weighted by Gasteiger charge is 2.07. The molecule has 0 bridgehead atoms. The fraction of sp³-hybridized carbons (Fsp3) is 0. The summed E-state index contributed by atoms with van der Waals surface area (Å²) >= 11 is 3.92. The van der Waals surface area contributed by atoms with Gasteiger partial charge in [-0.2, -0.15) is 0 Å². The number of anilines is 2. The first-order valence-electron chi connectivity index (χ1n) is 4.53. The lowest BCUT2D eigenvalue weighted by molar-refractivity contribution is 0.627. The lowest BCUT2D eigenvalue weighted by atomic mass is 10.3. The van der Waals surface area contributed by atoms with Gasteiger partial charge in [0.1, 0.15) is 9.39 Å². The van der Waals surface area contributed by atoms with Crippen LogP contribution in [0.3, 0.4) is 0 Å². The molecule has 7 heteroatoms. The van der Waals surface area contributed by atoms with Gasteiger partial charge in [0.15, 0.2) is 5.82 Å². The molecule has 17 heavy (non-hydrogen) atoms. The van der Waals surface area contributed by atoms with Crippen molar-refractivity contribution in [1.29, 1.82) is 0 Å². The van der Waals surface area contributed by atoms with Crippen molar-refractivity contribution in [3.8, 4) is 0 Å². The number of benzene rings is 1. The van der Waals surface area contributed by atoms with E-state index in [4.69, 9.17) is 0 Å². The summed E-state index contributed by atoms with van der Waals surface area (Å²) in [5, 5.41) is 3.00. The van der Waals surface area contributed by atoms with E-state index >= 15 is 0 Å². The Bertz CT molecular complexity index is 615. The van der Waals surface area contributed by atoms with Gasteiger partial charge in [-0.3, -0.25) is 4.79 Å². The Hall–Kier alpha value is -0.710. The molecule has 0 saturated carbocycles. The van der Waals surface area contributed by atoms with Gasteiger partial charge in [0.05, 0.1) is 12.0 Å². The largest absolute Gasteiger partial charge is 0.338 e. The van der Waals surface area contributed by atoms with Crippen LogP contribution >= 0.6 is 45.2 Å². The van der Waals surface area contributed by atoms with Crippen LogP contribution in [0.2, 0.25) is 0 Å². The topological polar surface area (TPSA) is 57.8 Å². The Labute approximate surface area is 123 Å². The van der Waals surface area contributed by atoms with Gasteiger partial charge in [-0.15, -0.1) is 0 Å². The van der Waals surface area contributed by atoms with E-state index in [9.17, 15) is 9.18 Å². The van der Waals surface area contributed by atoms with Crippen LogP contribution in [0.4, 0.5) is 15.9 Å². The number of halogens is 3. The zero-order chi connectivity index (χ0) is 12.4. The molecule has 88 valence electrons. The standard InChI is InChI=1S/C10H6FI2N3O/c11-5-1-2-7(6(12)3-5)16-9-8(13)10(17)15-4-14-9/h1-4H,(H2,14,15,16,17). The molecule has 0 unspecified atom stereocenters. The van der Waals surface area contributed by atoms with Crippen LogP contribution in [-0.2, 0) is 0 Å². The third-order valence-corrected chi connectivity index (χ3v) is 3.87. The first-order valence-corrected chi connectivity index (χ1v) is 6.69. The molecule has 0 spiro atoms. The van der Waals surface area contributed by atoms with E-state index < -0.39 is 0 Å². The van der Waals surface area contributed by atoms with Gasteiger partial charge in [0, 0.05) is 3.57 Å². The van der Waals surface area contributed by atoms with E-state index in [0.717, 1.165) is 3.57 Å². The minimum atomic E-state index is -0.298. The van der Waals surface area contributed by atoms with E-state index in [1.165, 1.54) is 18.5 Å². The van der Waals surface area contributed by atoms with Crippen LogP contribution in [0.25, 0.3) is 0 Å². The lowest BCUT2D eigenvalue weighted by Gasteiger charge is -2.08. The summed E-state index contributed by atoms with van der Waals surface area (Å²) in [6.07, 6.45) is 1.32. The van der Waals surface area contributed by atoms with Gasteiger partial charge in [0.2, 0.25) is 0 Å². The summed E-state index contributed by atoms with van der Waals surface area (Å²) in [6.45, 7) is 0. The van der Waals surface area contributed by atoms with E-state index in [-0.39, 0.29) is 11.4 Å². The highest BCUT2D eigenvalue weighted by atomic mass is 127. The predicted octanol–water partition coefficient (Wildman–Crippen LogP) is 2.86. The van der Waals surface area contributed by atoms with Crippen molar-refractivity contribution in [2.24, 2.45) is 0 Å². The number of hydrogen-bond donors (Lipinski definition) is 2. The van der Waals surface area contributed by atoms with Crippen molar-refractivity contribution in [3.05, 3.63) is 47.8 Å². The molecule has 0 aliphatic heterocycles. The molecule has 2 rings (SSSR count). The van der Waals surface area contributed by atoms with Crippen LogP contribution < -0.4 is 10.9 Å². The molecule has 4 nitrogen and oxygen atoms in total. The normalized spacial score (nSPS) is 10.3. The van der Waals surface area contributed by atoms with Crippen molar-refractivity contribution in [2.75, 3.05) is 5.32 Å². The fourth-order valence-electron chi connectivity index (χ4n) is 1.19. The molecule has 0 atom stereocenters. The number of aromatic nitrogens is 2. The summed E-state index contributed by atoms with van der Waals surface area (Å²) in [5.74, 6) is 0.160. The number of rotatable bonds is 2. The van der Waals surface area contributed by atoms with Gasteiger partial charge in [0.25, 0.3) is 5.56 Å². The first-order chi connectivity index (χ1) is 8.08. The maximum Gasteiger partial charge on any atom is 0.266 e. The van der Waals surface area contributed by atoms with Crippen LogP contribution in [0.5, 0.6) is 0 Å². The van der Waals surface area contributed by atoms with E-state index in [2.05, 4.69) is 15.3 Å². The molecule has 1 aromatic heterocycles. The van der Waals surface area contributed by atoms with Crippen molar-refractivity contribution in [3.63, 3.8) is 0 Å². The van der Waals surface area contributed by atoms with E-state index in [1.807, 2.05) is 45.2 Å². The molecule has 0 radical (unpaired) electrons. The minimum Gasteiger partial charge on any atom is -0.338 e. The molecule has 1 heterocycles. The minimum absolute atomic E-state index is 0.208. The van der Waals surface area contributed by atoms with Gasteiger partial charge < -0.3 is 10.3 Å². The molecule has 2 N–H and O–H groups in total. The summed E-state index contributed by atoms with van der Waals surface area (Å²) in [6, 6.07) is 4.36. The highest BCUT2D eigenvalue weighted by Crippen LogP contribution is 2.23. The molecule has 0 saturated heterocycles. The van der Waals surface area contributed by atoms with Gasteiger partial charge in [-0.1, -0.05) is 0 Å². The fourth-order valence-corrected chi connectivity index (χ4v) is 2.23. The van der Waals surface area contributed by atoms with E-state index in [0.29, 0.717) is 15.1 Å². The molecule has 0 amide bonds. The summed E-state index contributed by atoms with van der Waals surface area (Å²) < 4.78 is 14.1. The number of H-pyrrole nitrogens is 1. The Morgan fingerprint density at radius 1 is 1.35 bits per heavy atom. The van der Waals surface area contributed by atoms with Crippen LogP contribution in [-0.4, -0.2) is 9.97 Å². The van der Waals surface area contributed by atoms with Crippen molar-refractivity contribution in [1.82, 2.24) is 9.97 Å². The maximum absolute atomic E-state index is 12.9. The van der Waals surface area contributed by atoms with Gasteiger partial charge in [-0.05, 0) is 63.4 Å². The van der Waals surface area contributed by atoms with Crippen LogP contribution in [0.1, 0.15) is 0 Å². The third-order valence-electron chi connectivity index (χ3n) is 1.98. The van der Waals surface area contributed by atoms with Crippen molar-refractivity contribution in [2.45, 2.75) is 0 Å². The second-order valence-electron chi connectivity index (χ2n) is 3.14. The SMILES string of the molecule is O=c1[nH]cnc(Nc2ccc(F)cc2I)c1I. The molecule has 0 aliphatic carbocycles. The highest BCUT2D eigenvalue weighted by molar-refractivity contribution is 14.1. The zero-order valence-electron chi connectivity index (χ0n) is 8.30. The predicted molar refractivity (Wildman–Crippen MR) is 80.0 cm³/mol. The number of nitrogens with one attached hydrogen (secondary N) is 2. The van der Waals surface area contributed by atoms with Crippen LogP contribution in [0.15, 0.2) is 29.3 Å². The monoisotopic (exact) mass is 457 g/mol. The Morgan fingerprint density at radius 3 is 2.82 bits per heavy atom. The molecular weight excluding hydrogens is 451 g/mol. The lowest BCUT2D eigenvalue weighted by Crippen LogP contribution is -2.13. The molecule has 1 aromatic carbocycles.